The van der Waals surface area contributed by atoms with E-state index < -0.39 is 0 Å². The Morgan fingerprint density at radius 2 is 2.28 bits per heavy atom. The largest absolute Gasteiger partial charge is 0.491 e. The van der Waals surface area contributed by atoms with Gasteiger partial charge in [-0.2, -0.15) is 0 Å². The van der Waals surface area contributed by atoms with Gasteiger partial charge < -0.3 is 19.9 Å². The van der Waals surface area contributed by atoms with Gasteiger partial charge in [0.25, 0.3) is 0 Å². The van der Waals surface area contributed by atoms with Crippen molar-refractivity contribution in [2.45, 2.75) is 52.2 Å². The zero-order valence-corrected chi connectivity index (χ0v) is 14.9. The molecule has 0 radical (unpaired) electrons. The van der Waals surface area contributed by atoms with Crippen molar-refractivity contribution in [2.24, 2.45) is 0 Å². The Bertz CT molecular complexity index is 702. The highest BCUT2D eigenvalue weighted by Crippen LogP contribution is 2.14. The molecule has 0 spiro atoms. The summed E-state index contributed by atoms with van der Waals surface area (Å²) < 4.78 is 7.90. The number of rotatable bonds is 6. The summed E-state index contributed by atoms with van der Waals surface area (Å²) in [5.41, 5.74) is 2.06. The van der Waals surface area contributed by atoms with Crippen LogP contribution >= 0.6 is 0 Å². The molecule has 2 N–H and O–H groups in total. The fourth-order valence-corrected chi connectivity index (χ4v) is 2.97. The van der Waals surface area contributed by atoms with Crippen molar-refractivity contribution in [3.05, 3.63) is 47.5 Å². The molecule has 25 heavy (non-hydrogen) atoms. The van der Waals surface area contributed by atoms with Crippen LogP contribution in [0.4, 0.5) is 4.79 Å². The number of amides is 2. The molecule has 1 atom stereocenters. The van der Waals surface area contributed by atoms with Gasteiger partial charge >= 0.3 is 6.03 Å². The number of hydrogen-bond donors (Lipinski definition) is 2. The lowest BCUT2D eigenvalue weighted by molar-refractivity contribution is 0.226. The van der Waals surface area contributed by atoms with E-state index in [4.69, 9.17) is 4.74 Å². The highest BCUT2D eigenvalue weighted by Gasteiger charge is 2.13. The smallest absolute Gasteiger partial charge is 0.315 e. The third kappa shape index (κ3) is 4.98. The Hall–Kier alpha value is -2.50. The second-order valence-electron chi connectivity index (χ2n) is 6.65. The summed E-state index contributed by atoms with van der Waals surface area (Å²) in [6.45, 7) is 5.84. The van der Waals surface area contributed by atoms with E-state index in [-0.39, 0.29) is 12.1 Å². The van der Waals surface area contributed by atoms with Crippen LogP contribution in [-0.4, -0.2) is 28.2 Å². The third-order valence-electron chi connectivity index (χ3n) is 4.26. The first-order valence-electron chi connectivity index (χ1n) is 8.89. The summed E-state index contributed by atoms with van der Waals surface area (Å²) in [5.74, 6) is 1.95. The standard InChI is InChI=1S/C19H26N4O2/c1-14-6-5-7-17(10-14)25-13-15(2)21-19(24)20-11-16-12-23-9-4-3-8-18(23)22-16/h5-7,10,12,15H,3-4,8-9,11,13H2,1-2H3,(H2,20,21,24)/t15-/m0/s1. The minimum atomic E-state index is -0.202. The number of urea groups is 1. The molecule has 0 bridgehead atoms. The SMILES string of the molecule is Cc1cccc(OC[C@H](C)NC(=O)NCc2cn3c(n2)CCCC3)c1. The topological polar surface area (TPSA) is 68.2 Å². The van der Waals surface area contributed by atoms with Crippen LogP contribution in [0.3, 0.4) is 0 Å². The Morgan fingerprint density at radius 1 is 1.40 bits per heavy atom. The fraction of sp³-hybridized carbons (Fsp3) is 0.474. The van der Waals surface area contributed by atoms with Crippen LogP contribution in [0.25, 0.3) is 0 Å². The quantitative estimate of drug-likeness (QED) is 0.848. The number of imidazole rings is 1. The lowest BCUT2D eigenvalue weighted by Gasteiger charge is -2.15. The maximum absolute atomic E-state index is 12.0. The molecule has 1 aliphatic heterocycles. The molecule has 0 aliphatic carbocycles. The molecule has 6 heteroatoms. The van der Waals surface area contributed by atoms with Gasteiger partial charge in [0.15, 0.2) is 0 Å². The Balaban J connectivity index is 1.40. The van der Waals surface area contributed by atoms with Crippen LogP contribution in [0.1, 0.15) is 36.8 Å². The lowest BCUT2D eigenvalue weighted by atomic mass is 10.2. The summed E-state index contributed by atoms with van der Waals surface area (Å²) in [4.78, 5) is 16.6. The number of ether oxygens (including phenoxy) is 1. The molecule has 2 amide bonds. The van der Waals surface area contributed by atoms with Gasteiger partial charge in [-0.25, -0.2) is 9.78 Å². The molecule has 1 aromatic heterocycles. The van der Waals surface area contributed by atoms with E-state index in [1.165, 1.54) is 12.8 Å². The zero-order valence-electron chi connectivity index (χ0n) is 14.9. The first-order valence-corrected chi connectivity index (χ1v) is 8.89. The van der Waals surface area contributed by atoms with E-state index in [1.54, 1.807) is 0 Å². The average molecular weight is 342 g/mol. The van der Waals surface area contributed by atoms with E-state index in [0.29, 0.717) is 13.2 Å². The zero-order chi connectivity index (χ0) is 17.6. The van der Waals surface area contributed by atoms with Gasteiger partial charge in [-0.1, -0.05) is 12.1 Å². The van der Waals surface area contributed by atoms with Crippen molar-refractivity contribution in [2.75, 3.05) is 6.61 Å². The van der Waals surface area contributed by atoms with Crippen molar-refractivity contribution in [1.82, 2.24) is 20.2 Å². The number of carbonyl (C=O) groups excluding carboxylic acids is 1. The maximum Gasteiger partial charge on any atom is 0.315 e. The predicted octanol–water partition coefficient (Wildman–Crippen LogP) is 2.79. The number of benzene rings is 1. The van der Waals surface area contributed by atoms with E-state index in [0.717, 1.165) is 35.8 Å². The molecule has 0 fully saturated rings. The molecule has 3 rings (SSSR count). The van der Waals surface area contributed by atoms with Crippen LogP contribution in [0.2, 0.25) is 0 Å². The van der Waals surface area contributed by atoms with Gasteiger partial charge in [0.1, 0.15) is 18.2 Å². The van der Waals surface area contributed by atoms with Crippen LogP contribution < -0.4 is 15.4 Å². The fourth-order valence-electron chi connectivity index (χ4n) is 2.97. The van der Waals surface area contributed by atoms with Crippen molar-refractivity contribution in [3.63, 3.8) is 0 Å². The first-order chi connectivity index (χ1) is 12.1. The first kappa shape index (κ1) is 17.3. The Kier molecular flexibility index (Phi) is 5.58. The van der Waals surface area contributed by atoms with Gasteiger partial charge in [-0.3, -0.25) is 0 Å². The number of fused-ring (bicyclic) bond motifs is 1. The van der Waals surface area contributed by atoms with Crippen LogP contribution in [0, 0.1) is 6.92 Å². The number of aryl methyl sites for hydroxylation is 3. The average Bonchev–Trinajstić information content (AvgIpc) is 3.01. The van der Waals surface area contributed by atoms with Gasteiger partial charge in [-0.15, -0.1) is 0 Å². The molecule has 1 aliphatic rings. The molecule has 0 saturated carbocycles. The highest BCUT2D eigenvalue weighted by molar-refractivity contribution is 5.74. The van der Waals surface area contributed by atoms with Crippen molar-refractivity contribution < 1.29 is 9.53 Å². The van der Waals surface area contributed by atoms with Gasteiger partial charge in [0, 0.05) is 19.2 Å². The number of aromatic nitrogens is 2. The molecule has 1 aromatic carbocycles. The van der Waals surface area contributed by atoms with Crippen LogP contribution in [0.5, 0.6) is 5.75 Å². The van der Waals surface area contributed by atoms with Gasteiger partial charge in [0.2, 0.25) is 0 Å². The van der Waals surface area contributed by atoms with Crippen molar-refractivity contribution in [1.29, 1.82) is 0 Å². The van der Waals surface area contributed by atoms with Crippen molar-refractivity contribution >= 4 is 6.03 Å². The summed E-state index contributed by atoms with van der Waals surface area (Å²) in [6.07, 6.45) is 5.47. The molecule has 134 valence electrons. The molecular weight excluding hydrogens is 316 g/mol. The maximum atomic E-state index is 12.0. The molecule has 6 nitrogen and oxygen atoms in total. The molecular formula is C19H26N4O2. The number of nitrogens with zero attached hydrogens (tertiary/aromatic N) is 2. The number of hydrogen-bond acceptors (Lipinski definition) is 3. The van der Waals surface area contributed by atoms with E-state index in [9.17, 15) is 4.79 Å². The Labute approximate surface area is 148 Å². The Morgan fingerprint density at radius 3 is 3.08 bits per heavy atom. The molecule has 2 heterocycles. The van der Waals surface area contributed by atoms with E-state index in [2.05, 4.69) is 20.2 Å². The summed E-state index contributed by atoms with van der Waals surface area (Å²) in [7, 11) is 0. The van der Waals surface area contributed by atoms with E-state index in [1.807, 2.05) is 44.3 Å². The highest BCUT2D eigenvalue weighted by atomic mass is 16.5. The summed E-state index contributed by atoms with van der Waals surface area (Å²) in [6, 6.07) is 7.59. The second-order valence-corrected chi connectivity index (χ2v) is 6.65. The number of carbonyl (C=O) groups is 1. The summed E-state index contributed by atoms with van der Waals surface area (Å²) in [5, 5.41) is 5.75. The summed E-state index contributed by atoms with van der Waals surface area (Å²) >= 11 is 0. The minimum absolute atomic E-state index is 0.0873. The third-order valence-corrected chi connectivity index (χ3v) is 4.26. The van der Waals surface area contributed by atoms with Gasteiger partial charge in [0.05, 0.1) is 18.3 Å². The molecule has 2 aromatic rings. The lowest BCUT2D eigenvalue weighted by Crippen LogP contribution is -2.43. The van der Waals surface area contributed by atoms with E-state index >= 15 is 0 Å². The van der Waals surface area contributed by atoms with Crippen molar-refractivity contribution in [3.8, 4) is 5.75 Å². The molecule has 0 saturated heterocycles. The van der Waals surface area contributed by atoms with Crippen LogP contribution in [0.15, 0.2) is 30.5 Å². The van der Waals surface area contributed by atoms with Crippen LogP contribution in [-0.2, 0) is 19.5 Å². The monoisotopic (exact) mass is 342 g/mol. The number of nitrogens with one attached hydrogen (secondary N) is 2. The predicted molar refractivity (Wildman–Crippen MR) is 96.7 cm³/mol. The minimum Gasteiger partial charge on any atom is -0.491 e. The molecule has 0 unspecified atom stereocenters. The second kappa shape index (κ2) is 8.05. The normalized spacial score (nSPS) is 14.5. The van der Waals surface area contributed by atoms with Gasteiger partial charge in [-0.05, 0) is 44.4 Å².